The van der Waals surface area contributed by atoms with Gasteiger partial charge in [0.15, 0.2) is 0 Å². The molecule has 0 aromatic heterocycles. The van der Waals surface area contributed by atoms with E-state index in [0.29, 0.717) is 11.1 Å². The molecule has 0 saturated carbocycles. The smallest absolute Gasteiger partial charge is 0.369 e. The first-order chi connectivity index (χ1) is 13.5. The molecule has 3 atom stereocenters. The zero-order valence-electron chi connectivity index (χ0n) is 15.3. The van der Waals surface area contributed by atoms with E-state index in [4.69, 9.17) is 17.3 Å². The van der Waals surface area contributed by atoms with Crippen LogP contribution in [0.2, 0.25) is 0 Å². The van der Waals surface area contributed by atoms with Crippen LogP contribution in [-0.2, 0) is 4.79 Å². The highest BCUT2D eigenvalue weighted by atomic mass is 35.5. The van der Waals surface area contributed by atoms with E-state index in [1.807, 2.05) is 5.32 Å². The quantitative estimate of drug-likeness (QED) is 0.566. The van der Waals surface area contributed by atoms with Crippen molar-refractivity contribution in [1.82, 2.24) is 15.1 Å². The van der Waals surface area contributed by atoms with Gasteiger partial charge in [0.1, 0.15) is 17.0 Å². The van der Waals surface area contributed by atoms with Crippen LogP contribution >= 0.6 is 11.6 Å². The van der Waals surface area contributed by atoms with Gasteiger partial charge in [-0.1, -0.05) is 23.7 Å². The van der Waals surface area contributed by atoms with Crippen LogP contribution < -0.4 is 11.1 Å². The Morgan fingerprint density at radius 3 is 2.59 bits per heavy atom. The van der Waals surface area contributed by atoms with E-state index in [1.54, 1.807) is 11.0 Å². The molecule has 3 rings (SSSR count). The van der Waals surface area contributed by atoms with Crippen LogP contribution in [0.15, 0.2) is 29.4 Å². The van der Waals surface area contributed by atoms with E-state index < -0.39 is 41.9 Å². The minimum absolute atomic E-state index is 0.0565. The number of amides is 3. The minimum atomic E-state index is -4.57. The molecular formula is C18H19ClF4N4O2. The normalized spacial score (nSPS) is 23.1. The fraction of sp³-hybridized carbons (Fsp3) is 0.444. The fourth-order valence-corrected chi connectivity index (χ4v) is 4.08. The summed E-state index contributed by atoms with van der Waals surface area (Å²) < 4.78 is 51.9. The lowest BCUT2D eigenvalue weighted by Crippen LogP contribution is -2.59. The predicted molar refractivity (Wildman–Crippen MR) is 98.0 cm³/mol. The second-order valence-electron chi connectivity index (χ2n) is 7.01. The Balaban J connectivity index is 1.84. The standard InChI is InChI=1S/C18H19ClF4N4O2/c1-9(18(21,22)23)25-17(29)26-5-6-27-12(8-26)14(16(24)28)13(15(27)19)10-3-2-4-11(20)7-10/h2-4,7,9,12,14H,5-6,8H2,1H3,(H2,24,28)(H,25,29)/t9-,12?,14?/m0/s1. The number of carbonyl (C=O) groups excluding carboxylic acids is 2. The Hall–Kier alpha value is -2.49. The summed E-state index contributed by atoms with van der Waals surface area (Å²) in [6.07, 6.45) is -4.57. The monoisotopic (exact) mass is 434 g/mol. The lowest BCUT2D eigenvalue weighted by atomic mass is 9.88. The fourth-order valence-electron chi connectivity index (χ4n) is 3.64. The maximum Gasteiger partial charge on any atom is 0.408 e. The molecule has 1 fully saturated rings. The number of nitrogens with zero attached hydrogens (tertiary/aromatic N) is 2. The zero-order chi connectivity index (χ0) is 21.5. The Bertz CT molecular complexity index is 861. The van der Waals surface area contributed by atoms with Crippen molar-refractivity contribution in [3.63, 3.8) is 0 Å². The largest absolute Gasteiger partial charge is 0.408 e. The summed E-state index contributed by atoms with van der Waals surface area (Å²) in [5.74, 6) is -2.18. The number of alkyl halides is 3. The van der Waals surface area contributed by atoms with Crippen LogP contribution in [0.25, 0.3) is 5.57 Å². The number of nitrogens with one attached hydrogen (secondary N) is 1. The Morgan fingerprint density at radius 2 is 2.00 bits per heavy atom. The van der Waals surface area contributed by atoms with E-state index in [0.717, 1.165) is 6.92 Å². The van der Waals surface area contributed by atoms with Crippen molar-refractivity contribution in [2.45, 2.75) is 25.2 Å². The number of hydrogen-bond donors (Lipinski definition) is 2. The molecule has 11 heteroatoms. The molecule has 0 spiro atoms. The van der Waals surface area contributed by atoms with Crippen molar-refractivity contribution < 1.29 is 27.2 Å². The minimum Gasteiger partial charge on any atom is -0.369 e. The van der Waals surface area contributed by atoms with Crippen LogP contribution in [0.4, 0.5) is 22.4 Å². The molecule has 1 saturated heterocycles. The Kier molecular flexibility index (Phi) is 5.66. The average molecular weight is 435 g/mol. The third-order valence-electron chi connectivity index (χ3n) is 5.15. The van der Waals surface area contributed by atoms with Crippen molar-refractivity contribution in [1.29, 1.82) is 0 Å². The molecule has 3 N–H and O–H groups in total. The first kappa shape index (κ1) is 21.2. The van der Waals surface area contributed by atoms with Crippen molar-refractivity contribution in [3.8, 4) is 0 Å². The summed E-state index contributed by atoms with van der Waals surface area (Å²) in [6, 6.07) is 1.95. The number of halogens is 5. The molecule has 2 unspecified atom stereocenters. The summed E-state index contributed by atoms with van der Waals surface area (Å²) in [6.45, 7) is 1.08. The number of urea groups is 1. The van der Waals surface area contributed by atoms with Crippen LogP contribution in [0.3, 0.4) is 0 Å². The van der Waals surface area contributed by atoms with Gasteiger partial charge in [0.25, 0.3) is 0 Å². The van der Waals surface area contributed by atoms with Gasteiger partial charge in [0.2, 0.25) is 5.91 Å². The molecule has 0 radical (unpaired) electrons. The number of fused-ring (bicyclic) bond motifs is 1. The number of hydrogen-bond acceptors (Lipinski definition) is 3. The van der Waals surface area contributed by atoms with E-state index in [9.17, 15) is 27.2 Å². The van der Waals surface area contributed by atoms with Gasteiger partial charge in [-0.3, -0.25) is 4.79 Å². The predicted octanol–water partition coefficient (Wildman–Crippen LogP) is 2.49. The summed E-state index contributed by atoms with van der Waals surface area (Å²) in [4.78, 5) is 27.3. The first-order valence-corrected chi connectivity index (χ1v) is 9.22. The van der Waals surface area contributed by atoms with Gasteiger partial charge >= 0.3 is 12.2 Å². The molecule has 0 aliphatic carbocycles. The number of carbonyl (C=O) groups is 2. The maximum absolute atomic E-state index is 13.7. The molecule has 158 valence electrons. The SMILES string of the molecule is C[C@H](NC(=O)N1CCN2C(Cl)=C(c3cccc(F)c3)C(C(N)=O)C2C1)C(F)(F)F. The molecule has 1 aromatic rings. The van der Waals surface area contributed by atoms with E-state index in [-0.39, 0.29) is 24.8 Å². The number of benzene rings is 1. The van der Waals surface area contributed by atoms with E-state index in [1.165, 1.54) is 23.1 Å². The van der Waals surface area contributed by atoms with E-state index >= 15 is 0 Å². The maximum atomic E-state index is 13.7. The molecular weight excluding hydrogens is 416 g/mol. The number of piperazine rings is 1. The van der Waals surface area contributed by atoms with Crippen LogP contribution in [-0.4, -0.2) is 59.6 Å². The zero-order valence-corrected chi connectivity index (χ0v) is 16.1. The van der Waals surface area contributed by atoms with Gasteiger partial charge in [0, 0.05) is 25.2 Å². The summed E-state index contributed by atoms with van der Waals surface area (Å²) in [5, 5.41) is 2.12. The molecule has 6 nitrogen and oxygen atoms in total. The summed E-state index contributed by atoms with van der Waals surface area (Å²) in [5.41, 5.74) is 6.30. The third-order valence-corrected chi connectivity index (χ3v) is 5.57. The third kappa shape index (κ3) is 4.12. The highest BCUT2D eigenvalue weighted by Gasteiger charge is 2.47. The van der Waals surface area contributed by atoms with Crippen molar-refractivity contribution in [2.75, 3.05) is 19.6 Å². The van der Waals surface area contributed by atoms with Gasteiger partial charge in [-0.15, -0.1) is 0 Å². The van der Waals surface area contributed by atoms with Gasteiger partial charge in [-0.25, -0.2) is 9.18 Å². The molecule has 2 aliphatic heterocycles. The lowest BCUT2D eigenvalue weighted by molar-refractivity contribution is -0.149. The Morgan fingerprint density at radius 1 is 1.31 bits per heavy atom. The van der Waals surface area contributed by atoms with Gasteiger partial charge in [-0.2, -0.15) is 13.2 Å². The molecule has 29 heavy (non-hydrogen) atoms. The highest BCUT2D eigenvalue weighted by molar-refractivity contribution is 6.33. The summed E-state index contributed by atoms with van der Waals surface area (Å²) >= 11 is 6.46. The lowest BCUT2D eigenvalue weighted by Gasteiger charge is -2.40. The molecule has 2 aliphatic rings. The second kappa shape index (κ2) is 7.74. The van der Waals surface area contributed by atoms with Crippen molar-refractivity contribution in [3.05, 3.63) is 40.8 Å². The van der Waals surface area contributed by atoms with E-state index in [2.05, 4.69) is 0 Å². The Labute approximate surface area is 169 Å². The van der Waals surface area contributed by atoms with Crippen LogP contribution in [0.5, 0.6) is 0 Å². The number of nitrogens with two attached hydrogens (primary N) is 1. The molecule has 1 aromatic carbocycles. The summed E-state index contributed by atoms with van der Waals surface area (Å²) in [7, 11) is 0. The van der Waals surface area contributed by atoms with Gasteiger partial charge < -0.3 is 20.9 Å². The van der Waals surface area contributed by atoms with Crippen molar-refractivity contribution >= 4 is 29.1 Å². The van der Waals surface area contributed by atoms with Crippen molar-refractivity contribution in [2.24, 2.45) is 11.7 Å². The van der Waals surface area contributed by atoms with Crippen LogP contribution in [0, 0.1) is 11.7 Å². The highest BCUT2D eigenvalue weighted by Crippen LogP contribution is 2.43. The van der Waals surface area contributed by atoms with Gasteiger partial charge in [0.05, 0.1) is 12.0 Å². The second-order valence-corrected chi connectivity index (χ2v) is 7.37. The first-order valence-electron chi connectivity index (χ1n) is 8.84. The number of primary amides is 1. The molecule has 0 bridgehead atoms. The van der Waals surface area contributed by atoms with Crippen LogP contribution in [0.1, 0.15) is 12.5 Å². The average Bonchev–Trinajstić information content (AvgIpc) is 2.93. The molecule has 2 heterocycles. The van der Waals surface area contributed by atoms with Gasteiger partial charge in [-0.05, 0) is 24.6 Å². The number of rotatable bonds is 3. The topological polar surface area (TPSA) is 78.7 Å². The molecule has 3 amide bonds.